The molecule has 0 bridgehead atoms. The zero-order chi connectivity index (χ0) is 8.39. The quantitative estimate of drug-likeness (QED) is 0.259. The van der Waals surface area contributed by atoms with Gasteiger partial charge in [-0.15, -0.1) is 11.6 Å². The molecule has 1 radical (unpaired) electrons. The van der Waals surface area contributed by atoms with Gasteiger partial charge in [-0.05, 0) is 0 Å². The average molecular weight is 459 g/mol. The first-order valence-corrected chi connectivity index (χ1v) is 4.60. The zero-order valence-electron chi connectivity index (χ0n) is 8.63. The van der Waals surface area contributed by atoms with Gasteiger partial charge in [0.05, 0.1) is 0 Å². The molecule has 1 aliphatic rings. The Bertz CT molecular complexity index is 310. The first-order chi connectivity index (χ1) is 5.92. The van der Waals surface area contributed by atoms with Gasteiger partial charge in [0, 0.05) is 0 Å². The van der Waals surface area contributed by atoms with Gasteiger partial charge in [-0.3, -0.25) is 6.08 Å². The minimum absolute atomic E-state index is 0. The first kappa shape index (κ1) is 18.5. The van der Waals surface area contributed by atoms with E-state index in [2.05, 4.69) is 43.3 Å². The number of hydrogen-bond acceptors (Lipinski definition) is 0. The first-order valence-electron chi connectivity index (χ1n) is 4.60. The molecule has 0 N–H and O–H groups in total. The van der Waals surface area contributed by atoms with Gasteiger partial charge in [0.2, 0.25) is 0 Å². The summed E-state index contributed by atoms with van der Waals surface area (Å²) in [6, 6.07) is 8.58. The third kappa shape index (κ3) is 4.48. The van der Waals surface area contributed by atoms with Crippen molar-refractivity contribution in [3.05, 3.63) is 41.5 Å². The third-order valence-corrected chi connectivity index (χ3v) is 2.39. The van der Waals surface area contributed by atoms with Gasteiger partial charge >= 0.3 is 21.7 Å². The van der Waals surface area contributed by atoms with Crippen molar-refractivity contribution < 1.29 is 69.7 Å². The molecule has 0 spiro atoms. The second-order valence-electron chi connectivity index (χ2n) is 3.28. The van der Waals surface area contributed by atoms with Crippen molar-refractivity contribution >= 4 is 6.08 Å². The molecule has 0 aromatic heterocycles. The van der Waals surface area contributed by atoms with E-state index in [0.29, 0.717) is 5.92 Å². The molecular weight excluding hydrogens is 446 g/mol. The van der Waals surface area contributed by atoms with Crippen LogP contribution in [0.15, 0.2) is 24.3 Å². The molecule has 1 aliphatic carbocycles. The molecule has 15 heavy (non-hydrogen) atoms. The number of benzene rings is 1. The summed E-state index contributed by atoms with van der Waals surface area (Å²) in [4.78, 5) is 0. The summed E-state index contributed by atoms with van der Waals surface area (Å²) in [5, 5.41) is 0. The number of allylic oxidation sites excluding steroid dienone is 1. The summed E-state index contributed by atoms with van der Waals surface area (Å²) in [5.74, 6) is 0.561. The summed E-state index contributed by atoms with van der Waals surface area (Å²) >= 11 is 0. The van der Waals surface area contributed by atoms with Crippen LogP contribution in [0.3, 0.4) is 0 Å². The molecule has 0 heterocycles. The van der Waals surface area contributed by atoms with E-state index in [0.717, 1.165) is 0 Å². The minimum atomic E-state index is 0. The van der Waals surface area contributed by atoms with Crippen molar-refractivity contribution in [2.45, 2.75) is 25.7 Å². The fourth-order valence-electron chi connectivity index (χ4n) is 1.77. The van der Waals surface area contributed by atoms with Crippen molar-refractivity contribution in [1.82, 2.24) is 0 Å². The van der Waals surface area contributed by atoms with E-state index in [1.807, 2.05) is 0 Å². The van der Waals surface area contributed by atoms with Crippen LogP contribution in [-0.2, 0) is 21.7 Å². The van der Waals surface area contributed by atoms with Gasteiger partial charge in [0.1, 0.15) is 0 Å². The van der Waals surface area contributed by atoms with Gasteiger partial charge in [-0.25, -0.2) is 6.08 Å². The maximum atomic E-state index is 3.40. The van der Waals surface area contributed by atoms with Gasteiger partial charge < -0.3 is 48.0 Å². The molecule has 0 saturated heterocycles. The Morgan fingerprint density at radius 1 is 1.20 bits per heavy atom. The molecule has 0 nitrogen and oxygen atoms in total. The number of rotatable bonds is 2. The Labute approximate surface area is 141 Å². The summed E-state index contributed by atoms with van der Waals surface area (Å²) in [6.45, 7) is 2.22. The fourth-order valence-corrected chi connectivity index (χ4v) is 1.77. The van der Waals surface area contributed by atoms with E-state index < -0.39 is 0 Å². The van der Waals surface area contributed by atoms with Gasteiger partial charge in [-0.2, -0.15) is 5.56 Å². The van der Waals surface area contributed by atoms with Crippen molar-refractivity contribution in [2.75, 3.05) is 0 Å². The predicted molar refractivity (Wildman–Crippen MR) is 51.8 cm³/mol. The summed E-state index contributed by atoms with van der Waals surface area (Å²) in [5.41, 5.74) is 2.82. The van der Waals surface area contributed by atoms with Crippen LogP contribution in [0.2, 0.25) is 0 Å². The molecule has 1 atom stereocenters. The van der Waals surface area contributed by atoms with Crippen molar-refractivity contribution in [1.29, 1.82) is 0 Å². The Morgan fingerprint density at radius 3 is 2.53 bits per heavy atom. The Kier molecular flexibility index (Phi) is 11.3. The van der Waals surface area contributed by atoms with E-state index >= 15 is 0 Å². The van der Waals surface area contributed by atoms with E-state index in [1.54, 1.807) is 0 Å². The van der Waals surface area contributed by atoms with Crippen molar-refractivity contribution in [3.63, 3.8) is 0 Å². The smallest absolute Gasteiger partial charge is 1.00 e. The molecular formula is C12H13I2Ti. The Hall–Kier alpha value is 1.13. The molecule has 1 aromatic rings. The maximum absolute atomic E-state index is 3.40. The predicted octanol–water partition coefficient (Wildman–Crippen LogP) is -2.59. The van der Waals surface area contributed by atoms with Gasteiger partial charge in [-0.1, -0.05) is 43.9 Å². The van der Waals surface area contributed by atoms with Crippen molar-refractivity contribution in [2.24, 2.45) is 0 Å². The SMILES string of the molecule is CCCC1[C-]=Cc2ccccc21.[I-].[I-].[Ti+3]. The largest absolute Gasteiger partial charge is 3.00 e. The average Bonchev–Trinajstić information content (AvgIpc) is 2.50. The van der Waals surface area contributed by atoms with E-state index in [4.69, 9.17) is 0 Å². The molecule has 0 fully saturated rings. The molecule has 3 heteroatoms. The van der Waals surface area contributed by atoms with Crippen LogP contribution in [-0.4, -0.2) is 0 Å². The summed E-state index contributed by atoms with van der Waals surface area (Å²) < 4.78 is 0. The normalized spacial score (nSPS) is 15.7. The van der Waals surface area contributed by atoms with E-state index in [-0.39, 0.29) is 69.7 Å². The van der Waals surface area contributed by atoms with Gasteiger partial charge in [0.15, 0.2) is 0 Å². The van der Waals surface area contributed by atoms with Crippen LogP contribution in [0.5, 0.6) is 0 Å². The van der Waals surface area contributed by atoms with Crippen molar-refractivity contribution in [3.8, 4) is 0 Å². The van der Waals surface area contributed by atoms with E-state index in [1.165, 1.54) is 24.0 Å². The second-order valence-corrected chi connectivity index (χ2v) is 3.28. The number of fused-ring (bicyclic) bond motifs is 1. The van der Waals surface area contributed by atoms with Crippen LogP contribution < -0.4 is 48.0 Å². The zero-order valence-corrected chi connectivity index (χ0v) is 14.5. The number of halogens is 2. The van der Waals surface area contributed by atoms with Crippen LogP contribution >= 0.6 is 0 Å². The topological polar surface area (TPSA) is 0 Å². The van der Waals surface area contributed by atoms with Gasteiger partial charge in [0.25, 0.3) is 0 Å². The van der Waals surface area contributed by atoms with Crippen LogP contribution in [0.4, 0.5) is 0 Å². The Balaban J connectivity index is 0. The molecule has 0 aliphatic heterocycles. The summed E-state index contributed by atoms with van der Waals surface area (Å²) in [7, 11) is 0. The maximum Gasteiger partial charge on any atom is 3.00 e. The third-order valence-electron chi connectivity index (χ3n) is 2.39. The molecule has 2 rings (SSSR count). The summed E-state index contributed by atoms with van der Waals surface area (Å²) in [6.07, 6.45) is 7.98. The minimum Gasteiger partial charge on any atom is -1.00 e. The van der Waals surface area contributed by atoms with E-state index in [9.17, 15) is 0 Å². The van der Waals surface area contributed by atoms with Crippen LogP contribution in [0.1, 0.15) is 36.8 Å². The van der Waals surface area contributed by atoms with Crippen LogP contribution in [0.25, 0.3) is 6.08 Å². The monoisotopic (exact) mass is 459 g/mol. The number of hydrogen-bond donors (Lipinski definition) is 0. The molecule has 1 aromatic carbocycles. The Morgan fingerprint density at radius 2 is 1.87 bits per heavy atom. The molecule has 79 valence electrons. The van der Waals surface area contributed by atoms with Crippen LogP contribution in [0, 0.1) is 6.08 Å². The molecule has 0 amide bonds. The molecule has 1 unspecified atom stereocenters. The fraction of sp³-hybridized carbons (Fsp3) is 0.333. The molecule has 0 saturated carbocycles. The second kappa shape index (κ2) is 9.19. The standard InChI is InChI=1S/C12H13.2HI.Ti/c1-2-5-10-8-9-11-6-3-4-7-12(10)11;;;/h3-4,6-7,9-10H,2,5H2,1H3;2*1H;/q-1;;;+3/p-2.